The molecule has 3 rings (SSSR count). The molecule has 120 valence electrons. The molecule has 0 radical (unpaired) electrons. The Bertz CT molecular complexity index is 692. The van der Waals surface area contributed by atoms with Crippen molar-refractivity contribution in [1.29, 1.82) is 0 Å². The maximum Gasteiger partial charge on any atom is 0.254 e. The van der Waals surface area contributed by atoms with Gasteiger partial charge in [-0.15, -0.1) is 0 Å². The van der Waals surface area contributed by atoms with Crippen LogP contribution in [0.25, 0.3) is 0 Å². The first kappa shape index (κ1) is 15.5. The van der Waals surface area contributed by atoms with Gasteiger partial charge >= 0.3 is 0 Å². The Kier molecular flexibility index (Phi) is 4.57. The molecule has 0 aliphatic carbocycles. The van der Waals surface area contributed by atoms with Crippen LogP contribution in [0.1, 0.15) is 24.0 Å². The lowest BCUT2D eigenvalue weighted by Crippen LogP contribution is -2.27. The summed E-state index contributed by atoms with van der Waals surface area (Å²) in [6, 6.07) is 9.84. The zero-order valence-electron chi connectivity index (χ0n) is 13.4. The van der Waals surface area contributed by atoms with E-state index in [1.54, 1.807) is 12.3 Å². The Morgan fingerprint density at radius 1 is 1.26 bits per heavy atom. The summed E-state index contributed by atoms with van der Waals surface area (Å²) in [6.07, 6.45) is 3.08. The average Bonchev–Trinajstić information content (AvgIpc) is 3.08. The van der Waals surface area contributed by atoms with Crippen LogP contribution in [0, 0.1) is 13.8 Å². The van der Waals surface area contributed by atoms with Gasteiger partial charge in [-0.3, -0.25) is 4.79 Å². The molecule has 2 heterocycles. The van der Waals surface area contributed by atoms with Crippen LogP contribution in [0.4, 0.5) is 17.2 Å². The Morgan fingerprint density at radius 3 is 2.83 bits per heavy atom. The Hall–Kier alpha value is -2.40. The summed E-state index contributed by atoms with van der Waals surface area (Å²) in [7, 11) is 0. The number of anilines is 3. The summed E-state index contributed by atoms with van der Waals surface area (Å²) in [5, 5.41) is 6.14. The third-order valence-electron chi connectivity index (χ3n) is 4.12. The van der Waals surface area contributed by atoms with Gasteiger partial charge in [-0.2, -0.15) is 0 Å². The van der Waals surface area contributed by atoms with Crippen LogP contribution in [-0.2, 0) is 9.53 Å². The number of pyridine rings is 1. The van der Waals surface area contributed by atoms with Crippen molar-refractivity contribution < 1.29 is 9.53 Å². The number of amides is 1. The molecule has 0 saturated carbocycles. The molecule has 1 fully saturated rings. The van der Waals surface area contributed by atoms with Gasteiger partial charge in [0.25, 0.3) is 5.91 Å². The fraction of sp³-hybridized carbons (Fsp3) is 0.333. The van der Waals surface area contributed by atoms with Gasteiger partial charge in [0, 0.05) is 12.3 Å². The van der Waals surface area contributed by atoms with Crippen molar-refractivity contribution in [3.8, 4) is 0 Å². The molecule has 5 heteroatoms. The fourth-order valence-electron chi connectivity index (χ4n) is 2.57. The second-order valence-electron chi connectivity index (χ2n) is 5.80. The topological polar surface area (TPSA) is 63.2 Å². The largest absolute Gasteiger partial charge is 0.368 e. The number of carbonyl (C=O) groups is 1. The molecule has 0 bridgehead atoms. The van der Waals surface area contributed by atoms with Gasteiger partial charge in [0.1, 0.15) is 11.9 Å². The molecule has 23 heavy (non-hydrogen) atoms. The number of hydrogen-bond acceptors (Lipinski definition) is 4. The molecule has 2 aromatic rings. The number of aromatic nitrogens is 1. The van der Waals surface area contributed by atoms with Crippen LogP contribution >= 0.6 is 0 Å². The van der Waals surface area contributed by atoms with Crippen LogP contribution in [0.5, 0.6) is 0 Å². The van der Waals surface area contributed by atoms with E-state index < -0.39 is 0 Å². The van der Waals surface area contributed by atoms with Crippen molar-refractivity contribution in [3.05, 3.63) is 47.7 Å². The number of ether oxygens (including phenoxy) is 1. The van der Waals surface area contributed by atoms with E-state index in [2.05, 4.69) is 35.5 Å². The highest BCUT2D eigenvalue weighted by Gasteiger charge is 2.23. The van der Waals surface area contributed by atoms with Gasteiger partial charge in [0.05, 0.1) is 11.9 Å². The fourth-order valence-corrected chi connectivity index (χ4v) is 2.57. The highest BCUT2D eigenvalue weighted by Crippen LogP contribution is 2.23. The lowest BCUT2D eigenvalue weighted by atomic mass is 10.1. The molecular weight excluding hydrogens is 290 g/mol. The molecule has 1 unspecified atom stereocenters. The molecule has 0 spiro atoms. The molecule has 1 aliphatic heterocycles. The van der Waals surface area contributed by atoms with Crippen LogP contribution in [-0.4, -0.2) is 23.6 Å². The lowest BCUT2D eigenvalue weighted by Gasteiger charge is -2.12. The lowest BCUT2D eigenvalue weighted by molar-refractivity contribution is -0.124. The zero-order valence-corrected chi connectivity index (χ0v) is 13.4. The van der Waals surface area contributed by atoms with Crippen molar-refractivity contribution >= 4 is 23.1 Å². The van der Waals surface area contributed by atoms with E-state index in [0.717, 1.165) is 24.2 Å². The van der Waals surface area contributed by atoms with Crippen LogP contribution in [0.2, 0.25) is 0 Å². The molecule has 1 aromatic heterocycles. The quantitative estimate of drug-likeness (QED) is 0.906. The van der Waals surface area contributed by atoms with Gasteiger partial charge in [-0.05, 0) is 56.0 Å². The monoisotopic (exact) mass is 311 g/mol. The van der Waals surface area contributed by atoms with E-state index in [0.29, 0.717) is 12.4 Å². The normalized spacial score (nSPS) is 17.0. The predicted octanol–water partition coefficient (Wildman–Crippen LogP) is 3.56. The maximum absolute atomic E-state index is 12.0. The van der Waals surface area contributed by atoms with E-state index in [-0.39, 0.29) is 12.0 Å². The van der Waals surface area contributed by atoms with Gasteiger partial charge in [-0.25, -0.2) is 4.98 Å². The molecule has 1 saturated heterocycles. The van der Waals surface area contributed by atoms with E-state index >= 15 is 0 Å². The highest BCUT2D eigenvalue weighted by atomic mass is 16.5. The zero-order chi connectivity index (χ0) is 16.2. The second-order valence-corrected chi connectivity index (χ2v) is 5.80. The standard InChI is InChI=1S/C18H21N3O2/c1-12-5-3-6-15(13(12)2)20-14-8-9-17(19-11-14)21-18(22)16-7-4-10-23-16/h3,5-6,8-9,11,16,20H,4,7,10H2,1-2H3,(H,19,21,22). The smallest absolute Gasteiger partial charge is 0.254 e. The summed E-state index contributed by atoms with van der Waals surface area (Å²) >= 11 is 0. The number of nitrogens with one attached hydrogen (secondary N) is 2. The molecule has 5 nitrogen and oxygen atoms in total. The van der Waals surface area contributed by atoms with E-state index in [4.69, 9.17) is 4.74 Å². The van der Waals surface area contributed by atoms with Crippen LogP contribution < -0.4 is 10.6 Å². The van der Waals surface area contributed by atoms with Gasteiger partial charge in [-0.1, -0.05) is 12.1 Å². The van der Waals surface area contributed by atoms with Crippen molar-refractivity contribution in [3.63, 3.8) is 0 Å². The number of carbonyl (C=O) groups excluding carboxylic acids is 1. The van der Waals surface area contributed by atoms with Crippen LogP contribution in [0.3, 0.4) is 0 Å². The van der Waals surface area contributed by atoms with Gasteiger partial charge < -0.3 is 15.4 Å². The Balaban J connectivity index is 1.65. The van der Waals surface area contributed by atoms with E-state index in [1.807, 2.05) is 18.2 Å². The second kappa shape index (κ2) is 6.79. The first-order valence-electron chi connectivity index (χ1n) is 7.85. The minimum atomic E-state index is -0.343. The first-order chi connectivity index (χ1) is 11.1. The first-order valence-corrected chi connectivity index (χ1v) is 7.85. The van der Waals surface area contributed by atoms with Crippen molar-refractivity contribution in [2.24, 2.45) is 0 Å². The van der Waals surface area contributed by atoms with Crippen molar-refractivity contribution in [2.45, 2.75) is 32.8 Å². The van der Waals surface area contributed by atoms with Crippen LogP contribution in [0.15, 0.2) is 36.5 Å². The third-order valence-corrected chi connectivity index (χ3v) is 4.12. The number of benzene rings is 1. The van der Waals surface area contributed by atoms with E-state index in [9.17, 15) is 4.79 Å². The molecule has 1 aromatic carbocycles. The Morgan fingerprint density at radius 2 is 2.13 bits per heavy atom. The summed E-state index contributed by atoms with van der Waals surface area (Å²) in [6.45, 7) is 4.83. The SMILES string of the molecule is Cc1cccc(Nc2ccc(NC(=O)C3CCCO3)nc2)c1C. The van der Waals surface area contributed by atoms with Crippen molar-refractivity contribution in [1.82, 2.24) is 4.98 Å². The van der Waals surface area contributed by atoms with Gasteiger partial charge in [0.2, 0.25) is 0 Å². The minimum Gasteiger partial charge on any atom is -0.368 e. The summed E-state index contributed by atoms with van der Waals surface area (Å²) in [5.74, 6) is 0.419. The number of nitrogens with zero attached hydrogens (tertiary/aromatic N) is 1. The number of rotatable bonds is 4. The molecule has 1 aliphatic rings. The number of aryl methyl sites for hydroxylation is 1. The summed E-state index contributed by atoms with van der Waals surface area (Å²) in [4.78, 5) is 16.3. The highest BCUT2D eigenvalue weighted by molar-refractivity contribution is 5.93. The van der Waals surface area contributed by atoms with Crippen molar-refractivity contribution in [2.75, 3.05) is 17.2 Å². The van der Waals surface area contributed by atoms with Gasteiger partial charge in [0.15, 0.2) is 0 Å². The predicted molar refractivity (Wildman–Crippen MR) is 91.0 cm³/mol. The van der Waals surface area contributed by atoms with E-state index in [1.165, 1.54) is 11.1 Å². The summed E-state index contributed by atoms with van der Waals surface area (Å²) in [5.41, 5.74) is 4.39. The molecule has 1 amide bonds. The molecule has 2 N–H and O–H groups in total. The average molecular weight is 311 g/mol. The third kappa shape index (κ3) is 3.68. The summed E-state index contributed by atoms with van der Waals surface area (Å²) < 4.78 is 5.36. The molecular formula is C18H21N3O2. The maximum atomic E-state index is 12.0. The number of hydrogen-bond donors (Lipinski definition) is 2. The minimum absolute atomic E-state index is 0.120. The Labute approximate surface area is 136 Å². The molecule has 1 atom stereocenters.